The van der Waals surface area contributed by atoms with Crippen LogP contribution in [0.4, 0.5) is 13.2 Å². The van der Waals surface area contributed by atoms with E-state index in [1.165, 1.54) is 0 Å². The van der Waals surface area contributed by atoms with Gasteiger partial charge in [-0.2, -0.15) is 13.2 Å². The third-order valence-corrected chi connectivity index (χ3v) is 2.97. The maximum Gasteiger partial charge on any atom is 0.417 e. The van der Waals surface area contributed by atoms with Crippen molar-refractivity contribution in [2.75, 3.05) is 6.61 Å². The Morgan fingerprint density at radius 3 is 2.57 bits per heavy atom. The van der Waals surface area contributed by atoms with Crippen LogP contribution in [-0.2, 0) is 12.6 Å². The van der Waals surface area contributed by atoms with E-state index in [-0.39, 0.29) is 17.5 Å². The SMILES string of the molecule is OCCc1ccccc1Oc1ncc(C(F)(F)F)cc1Cl. The van der Waals surface area contributed by atoms with Crippen LogP contribution in [0, 0.1) is 0 Å². The minimum absolute atomic E-state index is 0.0749. The lowest BCUT2D eigenvalue weighted by Crippen LogP contribution is -2.06. The number of hydrogen-bond acceptors (Lipinski definition) is 3. The summed E-state index contributed by atoms with van der Waals surface area (Å²) in [5.41, 5.74) is -0.235. The van der Waals surface area contributed by atoms with Crippen molar-refractivity contribution >= 4 is 11.6 Å². The molecule has 1 heterocycles. The number of pyridine rings is 1. The molecule has 0 spiro atoms. The van der Waals surface area contributed by atoms with Crippen molar-refractivity contribution < 1.29 is 23.0 Å². The number of halogens is 4. The molecule has 0 aliphatic heterocycles. The molecule has 0 radical (unpaired) electrons. The summed E-state index contributed by atoms with van der Waals surface area (Å²) in [4.78, 5) is 3.60. The molecule has 7 heteroatoms. The maximum absolute atomic E-state index is 12.5. The quantitative estimate of drug-likeness (QED) is 0.924. The van der Waals surface area contributed by atoms with E-state index < -0.39 is 11.7 Å². The van der Waals surface area contributed by atoms with Gasteiger partial charge in [-0.25, -0.2) is 4.98 Å². The van der Waals surface area contributed by atoms with Crippen molar-refractivity contribution in [2.45, 2.75) is 12.6 Å². The first-order chi connectivity index (χ1) is 9.91. The number of alkyl halides is 3. The Morgan fingerprint density at radius 2 is 1.95 bits per heavy atom. The first-order valence-corrected chi connectivity index (χ1v) is 6.39. The molecule has 1 N–H and O–H groups in total. The summed E-state index contributed by atoms with van der Waals surface area (Å²) in [7, 11) is 0. The predicted molar refractivity (Wildman–Crippen MR) is 71.6 cm³/mol. The van der Waals surface area contributed by atoms with E-state index in [9.17, 15) is 13.2 Å². The Morgan fingerprint density at radius 1 is 1.24 bits per heavy atom. The molecular formula is C14H11ClF3NO2. The molecule has 0 amide bonds. The average Bonchev–Trinajstić information content (AvgIpc) is 2.42. The molecule has 0 atom stereocenters. The lowest BCUT2D eigenvalue weighted by Gasteiger charge is -2.12. The molecule has 21 heavy (non-hydrogen) atoms. The second-order valence-electron chi connectivity index (χ2n) is 4.19. The lowest BCUT2D eigenvalue weighted by molar-refractivity contribution is -0.137. The van der Waals surface area contributed by atoms with Gasteiger partial charge in [0.1, 0.15) is 10.8 Å². The number of hydrogen-bond donors (Lipinski definition) is 1. The Hall–Kier alpha value is -1.79. The van der Waals surface area contributed by atoms with Gasteiger partial charge in [-0.05, 0) is 24.1 Å². The van der Waals surface area contributed by atoms with Crippen LogP contribution in [0.25, 0.3) is 0 Å². The Labute approximate surface area is 124 Å². The summed E-state index contributed by atoms with van der Waals surface area (Å²) in [5, 5.41) is 8.74. The van der Waals surface area contributed by atoms with Crippen molar-refractivity contribution in [1.29, 1.82) is 0 Å². The van der Waals surface area contributed by atoms with Crippen LogP contribution in [0.15, 0.2) is 36.5 Å². The number of rotatable bonds is 4. The summed E-state index contributed by atoms with van der Waals surface area (Å²) in [6.07, 6.45) is -3.49. The van der Waals surface area contributed by atoms with Gasteiger partial charge in [-0.3, -0.25) is 0 Å². The Bertz CT molecular complexity index is 632. The van der Waals surface area contributed by atoms with E-state index in [1.54, 1.807) is 24.3 Å². The molecule has 3 nitrogen and oxygen atoms in total. The highest BCUT2D eigenvalue weighted by atomic mass is 35.5. The van der Waals surface area contributed by atoms with Gasteiger partial charge >= 0.3 is 6.18 Å². The zero-order chi connectivity index (χ0) is 15.5. The molecule has 2 aromatic rings. The third-order valence-electron chi connectivity index (χ3n) is 2.70. The van der Waals surface area contributed by atoms with Crippen LogP contribution in [0.1, 0.15) is 11.1 Å². The van der Waals surface area contributed by atoms with E-state index in [0.29, 0.717) is 23.9 Å². The average molecular weight is 318 g/mol. The lowest BCUT2D eigenvalue weighted by atomic mass is 10.1. The van der Waals surface area contributed by atoms with Gasteiger partial charge < -0.3 is 9.84 Å². The smallest absolute Gasteiger partial charge is 0.417 e. The summed E-state index contributed by atoms with van der Waals surface area (Å²) < 4.78 is 43.0. The molecule has 0 saturated heterocycles. The highest BCUT2D eigenvalue weighted by molar-refractivity contribution is 6.31. The second kappa shape index (κ2) is 6.32. The minimum atomic E-state index is -4.51. The molecule has 0 unspecified atom stereocenters. The summed E-state index contributed by atoms with van der Waals surface area (Å²) in [6, 6.07) is 7.59. The number of aromatic nitrogens is 1. The fourth-order valence-electron chi connectivity index (χ4n) is 1.69. The first kappa shape index (κ1) is 15.6. The molecule has 0 aliphatic rings. The fourth-order valence-corrected chi connectivity index (χ4v) is 1.89. The monoisotopic (exact) mass is 317 g/mol. The van der Waals surface area contributed by atoms with Gasteiger partial charge in [0, 0.05) is 12.8 Å². The van der Waals surface area contributed by atoms with Crippen LogP contribution in [0.5, 0.6) is 11.6 Å². The van der Waals surface area contributed by atoms with E-state index in [2.05, 4.69) is 4.98 Å². The molecule has 1 aromatic heterocycles. The van der Waals surface area contributed by atoms with Gasteiger partial charge in [0.05, 0.1) is 5.56 Å². The second-order valence-corrected chi connectivity index (χ2v) is 4.60. The molecule has 0 bridgehead atoms. The highest BCUT2D eigenvalue weighted by Gasteiger charge is 2.31. The summed E-state index contributed by atoms with van der Waals surface area (Å²) >= 11 is 5.78. The van der Waals surface area contributed by atoms with E-state index in [0.717, 1.165) is 6.07 Å². The molecular weight excluding hydrogens is 307 g/mol. The van der Waals surface area contributed by atoms with E-state index in [4.69, 9.17) is 21.4 Å². The maximum atomic E-state index is 12.5. The molecule has 0 fully saturated rings. The van der Waals surface area contributed by atoms with Crippen molar-refractivity contribution in [1.82, 2.24) is 4.98 Å². The van der Waals surface area contributed by atoms with Crippen LogP contribution in [0.3, 0.4) is 0 Å². The number of para-hydroxylation sites is 1. The zero-order valence-corrected chi connectivity index (χ0v) is 11.4. The van der Waals surface area contributed by atoms with Crippen molar-refractivity contribution in [2.24, 2.45) is 0 Å². The van der Waals surface area contributed by atoms with Crippen LogP contribution in [0.2, 0.25) is 5.02 Å². The van der Waals surface area contributed by atoms with Crippen LogP contribution in [-0.4, -0.2) is 16.7 Å². The normalized spacial score (nSPS) is 11.5. The standard InChI is InChI=1S/C14H11ClF3NO2/c15-11-7-10(14(16,17)18)8-19-13(11)21-12-4-2-1-3-9(12)5-6-20/h1-4,7-8,20H,5-6H2. The number of nitrogens with zero attached hydrogens (tertiary/aromatic N) is 1. The predicted octanol–water partition coefficient (Wildman–Crippen LogP) is 4.08. The molecule has 0 saturated carbocycles. The Kier molecular flexibility index (Phi) is 4.69. The molecule has 0 aliphatic carbocycles. The fraction of sp³-hybridized carbons (Fsp3) is 0.214. The number of benzene rings is 1. The Balaban J connectivity index is 2.28. The van der Waals surface area contributed by atoms with Gasteiger partial charge in [0.2, 0.25) is 5.88 Å². The van der Waals surface area contributed by atoms with Crippen LogP contribution >= 0.6 is 11.6 Å². The third kappa shape index (κ3) is 3.86. The van der Waals surface area contributed by atoms with Gasteiger partial charge in [-0.1, -0.05) is 29.8 Å². The van der Waals surface area contributed by atoms with E-state index >= 15 is 0 Å². The van der Waals surface area contributed by atoms with E-state index in [1.807, 2.05) is 0 Å². The number of aliphatic hydroxyl groups is 1. The number of ether oxygens (including phenoxy) is 1. The largest absolute Gasteiger partial charge is 0.437 e. The highest BCUT2D eigenvalue weighted by Crippen LogP contribution is 2.35. The number of aliphatic hydroxyl groups excluding tert-OH is 1. The first-order valence-electron chi connectivity index (χ1n) is 6.01. The van der Waals surface area contributed by atoms with Crippen molar-refractivity contribution in [3.05, 3.63) is 52.7 Å². The minimum Gasteiger partial charge on any atom is -0.437 e. The summed E-state index contributed by atoms with van der Waals surface area (Å²) in [5.74, 6) is 0.274. The molecule has 2 rings (SSSR count). The molecule has 1 aromatic carbocycles. The zero-order valence-electron chi connectivity index (χ0n) is 10.7. The van der Waals surface area contributed by atoms with Crippen LogP contribution < -0.4 is 4.74 Å². The summed E-state index contributed by atoms with van der Waals surface area (Å²) in [6.45, 7) is -0.0749. The van der Waals surface area contributed by atoms with Crippen molar-refractivity contribution in [3.63, 3.8) is 0 Å². The van der Waals surface area contributed by atoms with Gasteiger partial charge in [-0.15, -0.1) is 0 Å². The van der Waals surface area contributed by atoms with Gasteiger partial charge in [0.25, 0.3) is 0 Å². The molecule has 112 valence electrons. The van der Waals surface area contributed by atoms with Gasteiger partial charge in [0.15, 0.2) is 0 Å². The topological polar surface area (TPSA) is 42.4 Å². The van der Waals surface area contributed by atoms with Crippen molar-refractivity contribution in [3.8, 4) is 11.6 Å².